The van der Waals surface area contributed by atoms with Crippen LogP contribution in [0.4, 0.5) is 5.69 Å². The van der Waals surface area contributed by atoms with Gasteiger partial charge in [-0.3, -0.25) is 9.59 Å². The lowest BCUT2D eigenvalue weighted by Gasteiger charge is -2.09. The Morgan fingerprint density at radius 1 is 1.15 bits per heavy atom. The lowest BCUT2D eigenvalue weighted by molar-refractivity contribution is -0.114. The van der Waals surface area contributed by atoms with Gasteiger partial charge in [0.2, 0.25) is 5.91 Å². The molecule has 0 unspecified atom stereocenters. The fourth-order valence-electron chi connectivity index (χ4n) is 2.57. The molecule has 8 heteroatoms. The first-order chi connectivity index (χ1) is 13.0. The first kappa shape index (κ1) is 18.8. The highest BCUT2D eigenvalue weighted by atomic mass is 32.2. The van der Waals surface area contributed by atoms with Crippen molar-refractivity contribution in [2.24, 2.45) is 0 Å². The molecule has 0 aliphatic carbocycles. The summed E-state index contributed by atoms with van der Waals surface area (Å²) in [7, 11) is 3.06. The van der Waals surface area contributed by atoms with Gasteiger partial charge in [0.15, 0.2) is 11.5 Å². The number of carbonyl (C=O) groups is 1. The molecule has 1 amide bonds. The Labute approximate surface area is 160 Å². The molecule has 7 nitrogen and oxygen atoms in total. The fraction of sp³-hybridized carbons (Fsp3) is 0.211. The predicted octanol–water partition coefficient (Wildman–Crippen LogP) is 3.19. The van der Waals surface area contributed by atoms with Crippen LogP contribution in [0.2, 0.25) is 0 Å². The van der Waals surface area contributed by atoms with Gasteiger partial charge in [0.25, 0.3) is 5.56 Å². The molecule has 3 rings (SSSR count). The topological polar surface area (TPSA) is 93.3 Å². The zero-order valence-corrected chi connectivity index (χ0v) is 16.0. The summed E-state index contributed by atoms with van der Waals surface area (Å²) in [6.07, 6.45) is 0. The highest BCUT2D eigenvalue weighted by Crippen LogP contribution is 2.30. The predicted molar refractivity (Wildman–Crippen MR) is 106 cm³/mol. The molecule has 1 aromatic heterocycles. The molecule has 1 heterocycles. The van der Waals surface area contributed by atoms with Gasteiger partial charge in [-0.1, -0.05) is 0 Å². The quantitative estimate of drug-likeness (QED) is 0.633. The van der Waals surface area contributed by atoms with Crippen LogP contribution in [0.3, 0.4) is 0 Å². The van der Waals surface area contributed by atoms with Gasteiger partial charge in [-0.05, 0) is 30.3 Å². The molecule has 0 aliphatic rings. The molecule has 0 spiro atoms. The second-order valence-electron chi connectivity index (χ2n) is 5.73. The summed E-state index contributed by atoms with van der Waals surface area (Å²) in [5.74, 6) is 1.96. The number of carbonyl (C=O) groups excluding carboxylic acids is 1. The maximum Gasteiger partial charge on any atom is 0.258 e. The van der Waals surface area contributed by atoms with Crippen molar-refractivity contribution in [1.29, 1.82) is 0 Å². The molecule has 0 aliphatic heterocycles. The van der Waals surface area contributed by atoms with Gasteiger partial charge >= 0.3 is 0 Å². The van der Waals surface area contributed by atoms with Crippen molar-refractivity contribution in [3.05, 3.63) is 52.6 Å². The Bertz CT molecular complexity index is 1030. The number of fused-ring (bicyclic) bond motifs is 1. The van der Waals surface area contributed by atoms with E-state index in [1.54, 1.807) is 12.1 Å². The summed E-state index contributed by atoms with van der Waals surface area (Å²) >= 11 is 1.53. The van der Waals surface area contributed by atoms with Gasteiger partial charge in [-0.15, -0.1) is 11.8 Å². The molecular weight excluding hydrogens is 366 g/mol. The number of amides is 1. The van der Waals surface area contributed by atoms with Gasteiger partial charge < -0.3 is 19.8 Å². The first-order valence-electron chi connectivity index (χ1n) is 8.15. The molecular formula is C19H19N3O4S. The number of hydrogen-bond donors (Lipinski definition) is 2. The molecule has 3 aromatic rings. The number of aromatic amines is 1. The van der Waals surface area contributed by atoms with Crippen LogP contribution in [0.1, 0.15) is 12.7 Å². The van der Waals surface area contributed by atoms with Crippen LogP contribution in [0.15, 0.2) is 46.1 Å². The minimum atomic E-state index is -0.224. The van der Waals surface area contributed by atoms with E-state index in [4.69, 9.17) is 9.47 Å². The van der Waals surface area contributed by atoms with Crippen LogP contribution in [0.25, 0.3) is 10.9 Å². The Morgan fingerprint density at radius 2 is 1.81 bits per heavy atom. The second kappa shape index (κ2) is 8.13. The Kier molecular flexibility index (Phi) is 5.66. The zero-order chi connectivity index (χ0) is 19.4. The van der Waals surface area contributed by atoms with E-state index in [1.165, 1.54) is 32.9 Å². The van der Waals surface area contributed by atoms with Crippen molar-refractivity contribution in [2.75, 3.05) is 19.5 Å². The van der Waals surface area contributed by atoms with Crippen molar-refractivity contribution in [3.8, 4) is 11.5 Å². The fourth-order valence-corrected chi connectivity index (χ4v) is 3.34. The smallest absolute Gasteiger partial charge is 0.258 e. The molecule has 0 radical (unpaired) electrons. The number of methoxy groups -OCH3 is 2. The number of benzene rings is 2. The first-order valence-corrected chi connectivity index (χ1v) is 9.14. The largest absolute Gasteiger partial charge is 0.493 e. The van der Waals surface area contributed by atoms with Gasteiger partial charge in [0.1, 0.15) is 5.82 Å². The number of rotatable bonds is 6. The molecule has 140 valence electrons. The number of thioether (sulfide) groups is 1. The molecule has 2 N–H and O–H groups in total. The average Bonchev–Trinajstić information content (AvgIpc) is 2.66. The van der Waals surface area contributed by atoms with E-state index < -0.39 is 0 Å². The number of aromatic nitrogens is 2. The SMILES string of the molecule is COc1cc2nc(CSc3ccc(NC(C)=O)cc3)[nH]c(=O)c2cc1OC. The normalized spacial score (nSPS) is 10.6. The molecule has 0 saturated heterocycles. The van der Waals surface area contributed by atoms with Crippen molar-refractivity contribution in [1.82, 2.24) is 9.97 Å². The molecule has 27 heavy (non-hydrogen) atoms. The Morgan fingerprint density at radius 3 is 2.44 bits per heavy atom. The molecule has 0 bridgehead atoms. The molecule has 0 saturated carbocycles. The van der Waals surface area contributed by atoms with E-state index in [1.807, 2.05) is 24.3 Å². The van der Waals surface area contributed by atoms with Crippen molar-refractivity contribution in [2.45, 2.75) is 17.6 Å². The summed E-state index contributed by atoms with van der Waals surface area (Å²) in [6.45, 7) is 1.47. The van der Waals surface area contributed by atoms with E-state index in [-0.39, 0.29) is 11.5 Å². The van der Waals surface area contributed by atoms with Crippen LogP contribution in [0, 0.1) is 0 Å². The van der Waals surface area contributed by atoms with Crippen molar-refractivity contribution < 1.29 is 14.3 Å². The molecule has 0 fully saturated rings. The van der Waals surface area contributed by atoms with Crippen molar-refractivity contribution >= 4 is 34.3 Å². The van der Waals surface area contributed by atoms with E-state index in [2.05, 4.69) is 15.3 Å². The third kappa shape index (κ3) is 4.40. The van der Waals surface area contributed by atoms with Crippen LogP contribution in [0.5, 0.6) is 11.5 Å². The number of H-pyrrole nitrogens is 1. The Balaban J connectivity index is 1.81. The Hall–Kier alpha value is -3.00. The van der Waals surface area contributed by atoms with E-state index in [0.717, 1.165) is 10.6 Å². The number of anilines is 1. The second-order valence-corrected chi connectivity index (χ2v) is 6.78. The summed E-state index contributed by atoms with van der Waals surface area (Å²) < 4.78 is 10.5. The van der Waals surface area contributed by atoms with Crippen LogP contribution in [-0.2, 0) is 10.5 Å². The third-order valence-corrected chi connectivity index (χ3v) is 4.83. The molecule has 2 aromatic carbocycles. The zero-order valence-electron chi connectivity index (χ0n) is 15.2. The number of nitrogens with zero attached hydrogens (tertiary/aromatic N) is 1. The van der Waals surface area contributed by atoms with Crippen LogP contribution < -0.4 is 20.3 Å². The third-order valence-electron chi connectivity index (χ3n) is 3.81. The standard InChI is InChI=1S/C19H19N3O4S/c1-11(23)20-12-4-6-13(7-5-12)27-10-18-21-15-9-17(26-3)16(25-2)8-14(15)19(24)22-18/h4-9H,10H2,1-3H3,(H,20,23)(H,21,22,24). The number of ether oxygens (including phenoxy) is 2. The number of nitrogens with one attached hydrogen (secondary N) is 2. The monoisotopic (exact) mass is 385 g/mol. The molecule has 0 atom stereocenters. The van der Waals surface area contributed by atoms with Crippen LogP contribution in [-0.4, -0.2) is 30.1 Å². The maximum absolute atomic E-state index is 12.4. The van der Waals surface area contributed by atoms with E-state index in [0.29, 0.717) is 34.0 Å². The maximum atomic E-state index is 12.4. The van der Waals surface area contributed by atoms with Gasteiger partial charge in [-0.2, -0.15) is 0 Å². The summed E-state index contributed by atoms with van der Waals surface area (Å²) in [4.78, 5) is 31.8. The summed E-state index contributed by atoms with van der Waals surface area (Å²) in [5.41, 5.74) is 1.07. The van der Waals surface area contributed by atoms with Crippen molar-refractivity contribution in [3.63, 3.8) is 0 Å². The van der Waals surface area contributed by atoms with Crippen LogP contribution >= 0.6 is 11.8 Å². The summed E-state index contributed by atoms with van der Waals surface area (Å²) in [5, 5.41) is 3.17. The van der Waals surface area contributed by atoms with E-state index >= 15 is 0 Å². The van der Waals surface area contributed by atoms with E-state index in [9.17, 15) is 9.59 Å². The highest BCUT2D eigenvalue weighted by molar-refractivity contribution is 7.98. The lowest BCUT2D eigenvalue weighted by atomic mass is 10.2. The van der Waals surface area contributed by atoms with Gasteiger partial charge in [-0.25, -0.2) is 4.98 Å². The minimum Gasteiger partial charge on any atom is -0.493 e. The average molecular weight is 385 g/mol. The number of hydrogen-bond acceptors (Lipinski definition) is 6. The van der Waals surface area contributed by atoms with Gasteiger partial charge in [0, 0.05) is 23.6 Å². The minimum absolute atomic E-state index is 0.111. The highest BCUT2D eigenvalue weighted by Gasteiger charge is 2.11. The summed E-state index contributed by atoms with van der Waals surface area (Å²) in [6, 6.07) is 10.8. The lowest BCUT2D eigenvalue weighted by Crippen LogP contribution is -2.11. The van der Waals surface area contributed by atoms with Gasteiger partial charge in [0.05, 0.1) is 30.9 Å².